The van der Waals surface area contributed by atoms with Gasteiger partial charge < -0.3 is 14.8 Å². The molecule has 7 heteroatoms. The fourth-order valence-electron chi connectivity index (χ4n) is 2.12. The predicted octanol–water partition coefficient (Wildman–Crippen LogP) is 2.26. The van der Waals surface area contributed by atoms with Crippen LogP contribution in [0.2, 0.25) is 0 Å². The van der Waals surface area contributed by atoms with Crippen LogP contribution in [0, 0.1) is 0 Å². The Balaban J connectivity index is 1.83. The number of rotatable bonds is 8. The van der Waals surface area contributed by atoms with Gasteiger partial charge in [-0.25, -0.2) is 4.79 Å². The number of hydrogen-bond acceptors (Lipinski definition) is 6. The molecular formula is C19H17NO6. The van der Waals surface area contributed by atoms with Crippen molar-refractivity contribution >= 4 is 29.6 Å². The number of amides is 1. The number of benzene rings is 2. The van der Waals surface area contributed by atoms with Crippen molar-refractivity contribution in [2.24, 2.45) is 0 Å². The monoisotopic (exact) mass is 355 g/mol. The number of esters is 1. The third-order valence-corrected chi connectivity index (χ3v) is 3.34. The van der Waals surface area contributed by atoms with Gasteiger partial charge in [-0.3, -0.25) is 14.4 Å². The van der Waals surface area contributed by atoms with Crippen LogP contribution >= 0.6 is 0 Å². The summed E-state index contributed by atoms with van der Waals surface area (Å²) in [7, 11) is 0. The summed E-state index contributed by atoms with van der Waals surface area (Å²) >= 11 is 0. The van der Waals surface area contributed by atoms with E-state index in [2.05, 4.69) is 5.32 Å². The van der Waals surface area contributed by atoms with Crippen molar-refractivity contribution in [1.29, 1.82) is 0 Å². The van der Waals surface area contributed by atoms with Crippen molar-refractivity contribution in [3.8, 4) is 5.75 Å². The highest BCUT2D eigenvalue weighted by atomic mass is 16.6. The van der Waals surface area contributed by atoms with Gasteiger partial charge in [-0.15, -0.1) is 0 Å². The van der Waals surface area contributed by atoms with Gasteiger partial charge >= 0.3 is 5.97 Å². The predicted molar refractivity (Wildman–Crippen MR) is 93.4 cm³/mol. The second-order valence-electron chi connectivity index (χ2n) is 5.25. The number of para-hydroxylation sites is 2. The number of ether oxygens (including phenoxy) is 2. The Kier molecular flexibility index (Phi) is 6.61. The van der Waals surface area contributed by atoms with Crippen LogP contribution in [0.1, 0.15) is 27.6 Å². The van der Waals surface area contributed by atoms with Crippen LogP contribution in [0.15, 0.2) is 48.5 Å². The molecule has 0 bridgehead atoms. The molecule has 0 aliphatic heterocycles. The third kappa shape index (κ3) is 5.27. The van der Waals surface area contributed by atoms with Crippen molar-refractivity contribution in [3.63, 3.8) is 0 Å². The van der Waals surface area contributed by atoms with Crippen molar-refractivity contribution < 1.29 is 28.7 Å². The zero-order valence-electron chi connectivity index (χ0n) is 14.1. The van der Waals surface area contributed by atoms with Gasteiger partial charge in [-0.1, -0.05) is 24.3 Å². The first-order valence-electron chi connectivity index (χ1n) is 7.73. The van der Waals surface area contributed by atoms with Gasteiger partial charge in [0.25, 0.3) is 5.91 Å². The van der Waals surface area contributed by atoms with Gasteiger partial charge in [0.1, 0.15) is 5.75 Å². The van der Waals surface area contributed by atoms with E-state index in [4.69, 9.17) is 9.47 Å². The summed E-state index contributed by atoms with van der Waals surface area (Å²) in [6.45, 7) is 0.422. The fourth-order valence-corrected chi connectivity index (χ4v) is 2.12. The normalized spacial score (nSPS) is 9.88. The largest absolute Gasteiger partial charge is 0.481 e. The maximum atomic E-state index is 11.9. The highest BCUT2D eigenvalue weighted by molar-refractivity contribution is 6.04. The molecule has 2 rings (SSSR count). The lowest BCUT2D eigenvalue weighted by Gasteiger charge is -2.10. The number of anilines is 1. The first-order valence-corrected chi connectivity index (χ1v) is 7.73. The lowest BCUT2D eigenvalue weighted by Crippen LogP contribution is -2.24. The molecule has 0 aliphatic carbocycles. The topological polar surface area (TPSA) is 98.8 Å². The molecular weight excluding hydrogens is 338 g/mol. The van der Waals surface area contributed by atoms with Gasteiger partial charge in [0.15, 0.2) is 25.3 Å². The Bertz CT molecular complexity index is 830. The Morgan fingerprint density at radius 3 is 2.42 bits per heavy atom. The first-order chi connectivity index (χ1) is 12.5. The molecule has 2 aromatic carbocycles. The lowest BCUT2D eigenvalue weighted by atomic mass is 10.1. The molecule has 0 aliphatic rings. The van der Waals surface area contributed by atoms with Crippen LogP contribution in [0.4, 0.5) is 5.69 Å². The number of carbonyl (C=O) groups is 4. The minimum absolute atomic E-state index is 0.194. The molecule has 0 spiro atoms. The summed E-state index contributed by atoms with van der Waals surface area (Å²) < 4.78 is 10.0. The molecule has 2 aromatic rings. The van der Waals surface area contributed by atoms with E-state index in [1.165, 1.54) is 6.92 Å². The molecule has 1 N–H and O–H groups in total. The molecule has 7 nitrogen and oxygen atoms in total. The Morgan fingerprint density at radius 1 is 1.00 bits per heavy atom. The first kappa shape index (κ1) is 18.9. The zero-order chi connectivity index (χ0) is 18.9. The fraction of sp³-hybridized carbons (Fsp3) is 0.158. The maximum Gasteiger partial charge on any atom is 0.344 e. The summed E-state index contributed by atoms with van der Waals surface area (Å²) in [5.74, 6) is -1.29. The number of Topliss-reactive ketones (excluding diaryl/α,β-unsaturated/α-hetero) is 1. The van der Waals surface area contributed by atoms with Gasteiger partial charge in [0.2, 0.25) is 0 Å². The molecule has 26 heavy (non-hydrogen) atoms. The molecule has 0 radical (unpaired) electrons. The quantitative estimate of drug-likeness (QED) is 0.443. The second kappa shape index (κ2) is 9.12. The summed E-state index contributed by atoms with van der Waals surface area (Å²) in [6, 6.07) is 12.9. The van der Waals surface area contributed by atoms with E-state index in [0.717, 1.165) is 0 Å². The number of aldehydes is 1. The van der Waals surface area contributed by atoms with E-state index in [1.54, 1.807) is 48.5 Å². The molecule has 0 saturated carbocycles. The van der Waals surface area contributed by atoms with Gasteiger partial charge in [-0.05, 0) is 31.2 Å². The highest BCUT2D eigenvalue weighted by Gasteiger charge is 2.12. The van der Waals surface area contributed by atoms with Crippen molar-refractivity contribution in [2.75, 3.05) is 18.5 Å². The van der Waals surface area contributed by atoms with Crippen LogP contribution in [-0.2, 0) is 14.3 Å². The Morgan fingerprint density at radius 2 is 1.69 bits per heavy atom. The van der Waals surface area contributed by atoms with Gasteiger partial charge in [0.05, 0.1) is 11.3 Å². The Labute approximate surface area is 149 Å². The zero-order valence-corrected chi connectivity index (χ0v) is 14.1. The average molecular weight is 355 g/mol. The van der Waals surface area contributed by atoms with E-state index < -0.39 is 25.1 Å². The van der Waals surface area contributed by atoms with Crippen molar-refractivity contribution in [2.45, 2.75) is 6.92 Å². The molecule has 0 saturated heterocycles. The van der Waals surface area contributed by atoms with E-state index in [1.807, 2.05) is 0 Å². The lowest BCUT2D eigenvalue weighted by molar-refractivity contribution is -0.149. The highest BCUT2D eigenvalue weighted by Crippen LogP contribution is 2.16. The minimum Gasteiger partial charge on any atom is -0.481 e. The SMILES string of the molecule is CC(=O)c1ccccc1NC(=O)COC(=O)COc1ccccc1C=O. The molecule has 0 unspecified atom stereocenters. The summed E-state index contributed by atoms with van der Waals surface area (Å²) in [5.41, 5.74) is 1.01. The molecule has 134 valence electrons. The van der Waals surface area contributed by atoms with Crippen LogP contribution in [0.5, 0.6) is 5.75 Å². The van der Waals surface area contributed by atoms with Gasteiger partial charge in [-0.2, -0.15) is 0 Å². The van der Waals surface area contributed by atoms with Crippen LogP contribution < -0.4 is 10.1 Å². The third-order valence-electron chi connectivity index (χ3n) is 3.34. The van der Waals surface area contributed by atoms with Crippen LogP contribution in [0.3, 0.4) is 0 Å². The summed E-state index contributed by atoms with van der Waals surface area (Å²) in [6.07, 6.45) is 0.612. The minimum atomic E-state index is -0.763. The standard InChI is InChI=1S/C19H17NO6/c1-13(22)15-7-3-4-8-16(15)20-18(23)11-26-19(24)12-25-17-9-5-2-6-14(17)10-21/h2-10H,11-12H2,1H3,(H,20,23). The van der Waals surface area contributed by atoms with Crippen LogP contribution in [0.25, 0.3) is 0 Å². The van der Waals surface area contributed by atoms with E-state index in [-0.39, 0.29) is 11.5 Å². The van der Waals surface area contributed by atoms with Crippen molar-refractivity contribution in [1.82, 2.24) is 0 Å². The van der Waals surface area contributed by atoms with Crippen molar-refractivity contribution in [3.05, 3.63) is 59.7 Å². The van der Waals surface area contributed by atoms with E-state index in [0.29, 0.717) is 23.1 Å². The smallest absolute Gasteiger partial charge is 0.344 e. The number of carbonyl (C=O) groups excluding carboxylic acids is 4. The molecule has 0 fully saturated rings. The maximum absolute atomic E-state index is 11.9. The molecule has 0 aromatic heterocycles. The van der Waals surface area contributed by atoms with Gasteiger partial charge in [0, 0.05) is 5.56 Å². The number of hydrogen-bond donors (Lipinski definition) is 1. The number of ketones is 1. The molecule has 1 amide bonds. The Hall–Kier alpha value is -3.48. The van der Waals surface area contributed by atoms with Crippen LogP contribution in [-0.4, -0.2) is 37.2 Å². The summed E-state index contributed by atoms with van der Waals surface area (Å²) in [5, 5.41) is 2.52. The number of nitrogens with one attached hydrogen (secondary N) is 1. The van der Waals surface area contributed by atoms with E-state index in [9.17, 15) is 19.2 Å². The molecule has 0 atom stereocenters. The van der Waals surface area contributed by atoms with E-state index >= 15 is 0 Å². The summed E-state index contributed by atoms with van der Waals surface area (Å²) in [4.78, 5) is 45.9. The molecule has 0 heterocycles. The average Bonchev–Trinajstić information content (AvgIpc) is 2.65. The second-order valence-corrected chi connectivity index (χ2v) is 5.25.